The maximum atomic E-state index is 13.5. The van der Waals surface area contributed by atoms with Gasteiger partial charge in [0.1, 0.15) is 16.2 Å². The molecule has 0 atom stereocenters. The van der Waals surface area contributed by atoms with Gasteiger partial charge in [-0.25, -0.2) is 22.2 Å². The number of hydrogen-bond acceptors (Lipinski definition) is 3. The van der Waals surface area contributed by atoms with Crippen LogP contribution in [0.15, 0.2) is 39.8 Å². The maximum absolute atomic E-state index is 13.5. The van der Waals surface area contributed by atoms with Crippen molar-refractivity contribution in [3.8, 4) is 0 Å². The van der Waals surface area contributed by atoms with E-state index in [1.165, 1.54) is 12.1 Å². The number of halogens is 3. The molecule has 0 aliphatic carbocycles. The van der Waals surface area contributed by atoms with Gasteiger partial charge in [-0.2, -0.15) is 0 Å². The Labute approximate surface area is 123 Å². The molecule has 1 aromatic carbocycles. The van der Waals surface area contributed by atoms with Crippen LogP contribution in [0.4, 0.5) is 14.5 Å². The number of aryl methyl sites for hydroxylation is 1. The van der Waals surface area contributed by atoms with Crippen molar-refractivity contribution in [3.05, 3.63) is 52.3 Å². The Hall–Kier alpha value is -1.54. The highest BCUT2D eigenvalue weighted by atomic mass is 79.9. The van der Waals surface area contributed by atoms with Crippen molar-refractivity contribution in [1.82, 2.24) is 4.98 Å². The molecular weight excluding hydrogens is 354 g/mol. The zero-order valence-electron chi connectivity index (χ0n) is 10.2. The number of sulfonamides is 1. The topological polar surface area (TPSA) is 59.1 Å². The predicted molar refractivity (Wildman–Crippen MR) is 73.8 cm³/mol. The fraction of sp³-hybridized carbons (Fsp3) is 0.0833. The van der Waals surface area contributed by atoms with Crippen LogP contribution in [0.25, 0.3) is 0 Å². The van der Waals surface area contributed by atoms with Crippen LogP contribution in [0, 0.1) is 18.6 Å². The Kier molecular flexibility index (Phi) is 4.05. The van der Waals surface area contributed by atoms with Crippen molar-refractivity contribution >= 4 is 31.6 Å². The van der Waals surface area contributed by atoms with Gasteiger partial charge in [-0.15, -0.1) is 0 Å². The minimum Gasteiger partial charge on any atom is -0.278 e. The van der Waals surface area contributed by atoms with Gasteiger partial charge >= 0.3 is 0 Å². The average Bonchev–Trinajstić information content (AvgIpc) is 2.32. The molecule has 0 aliphatic heterocycles. The summed E-state index contributed by atoms with van der Waals surface area (Å²) in [4.78, 5) is 2.99. The predicted octanol–water partition coefficient (Wildman–Crippen LogP) is 3.23. The first-order valence-corrected chi connectivity index (χ1v) is 7.69. The van der Waals surface area contributed by atoms with Crippen molar-refractivity contribution < 1.29 is 17.2 Å². The molecule has 0 saturated carbocycles. The molecule has 1 heterocycles. The highest BCUT2D eigenvalue weighted by Crippen LogP contribution is 2.23. The van der Waals surface area contributed by atoms with Crippen molar-refractivity contribution in [1.29, 1.82) is 0 Å². The molecule has 0 aliphatic rings. The van der Waals surface area contributed by atoms with Gasteiger partial charge in [-0.05, 0) is 47.1 Å². The summed E-state index contributed by atoms with van der Waals surface area (Å²) >= 11 is 3.14. The standard InChI is InChI=1S/C12H9BrF2N2O2S/c1-7-10(5-6-11(13)16-7)17-20(18,19)12-8(14)3-2-4-9(12)15/h2-6,17H,1H3. The zero-order chi connectivity index (χ0) is 14.9. The van der Waals surface area contributed by atoms with Gasteiger partial charge in [0, 0.05) is 0 Å². The molecular formula is C12H9BrF2N2O2S. The first-order valence-electron chi connectivity index (χ1n) is 5.41. The van der Waals surface area contributed by atoms with E-state index < -0.39 is 26.6 Å². The smallest absolute Gasteiger partial charge is 0.267 e. The number of anilines is 1. The third-order valence-electron chi connectivity index (χ3n) is 2.48. The molecule has 2 rings (SSSR count). The highest BCUT2D eigenvalue weighted by molar-refractivity contribution is 9.10. The third kappa shape index (κ3) is 2.96. The minimum absolute atomic E-state index is 0.149. The van der Waals surface area contributed by atoms with Crippen molar-refractivity contribution in [2.24, 2.45) is 0 Å². The van der Waals surface area contributed by atoms with Crippen LogP contribution in [0.2, 0.25) is 0 Å². The molecule has 0 bridgehead atoms. The van der Waals surface area contributed by atoms with Gasteiger partial charge in [0.25, 0.3) is 10.0 Å². The van der Waals surface area contributed by atoms with Crippen LogP contribution >= 0.6 is 15.9 Å². The van der Waals surface area contributed by atoms with E-state index in [-0.39, 0.29) is 5.69 Å². The molecule has 0 saturated heterocycles. The molecule has 106 valence electrons. The van der Waals surface area contributed by atoms with Gasteiger partial charge in [0.15, 0.2) is 4.90 Å². The molecule has 4 nitrogen and oxygen atoms in total. The summed E-state index contributed by atoms with van der Waals surface area (Å²) in [7, 11) is -4.37. The molecule has 1 N–H and O–H groups in total. The molecule has 0 spiro atoms. The van der Waals surface area contributed by atoms with Gasteiger partial charge in [-0.1, -0.05) is 6.07 Å². The summed E-state index contributed by atoms with van der Waals surface area (Å²) in [6.45, 7) is 1.57. The number of rotatable bonds is 3. The largest absolute Gasteiger partial charge is 0.278 e. The van der Waals surface area contributed by atoms with Crippen molar-refractivity contribution in [3.63, 3.8) is 0 Å². The summed E-state index contributed by atoms with van der Waals surface area (Å²) in [5.74, 6) is -2.31. The van der Waals surface area contributed by atoms with E-state index in [9.17, 15) is 17.2 Å². The third-order valence-corrected chi connectivity index (χ3v) is 4.34. The zero-order valence-corrected chi connectivity index (χ0v) is 12.6. The van der Waals surface area contributed by atoms with E-state index in [4.69, 9.17) is 0 Å². The van der Waals surface area contributed by atoms with Gasteiger partial charge in [0.2, 0.25) is 0 Å². The van der Waals surface area contributed by atoms with Crippen LogP contribution in [-0.2, 0) is 10.0 Å². The van der Waals surface area contributed by atoms with E-state index in [2.05, 4.69) is 25.6 Å². The summed E-state index contributed by atoms with van der Waals surface area (Å²) in [5.41, 5.74) is 0.524. The number of pyridine rings is 1. The fourth-order valence-electron chi connectivity index (χ4n) is 1.57. The minimum atomic E-state index is -4.37. The maximum Gasteiger partial charge on any atom is 0.267 e. The molecule has 0 amide bonds. The second-order valence-electron chi connectivity index (χ2n) is 3.92. The van der Waals surface area contributed by atoms with Crippen molar-refractivity contribution in [2.75, 3.05) is 4.72 Å². The molecule has 8 heteroatoms. The molecule has 0 fully saturated rings. The average molecular weight is 363 g/mol. The Bertz CT molecular complexity index is 746. The lowest BCUT2D eigenvalue weighted by molar-refractivity contribution is 0.521. The Balaban J connectivity index is 2.46. The fourth-order valence-corrected chi connectivity index (χ4v) is 3.23. The second-order valence-corrected chi connectivity index (χ2v) is 6.35. The van der Waals surface area contributed by atoms with Crippen LogP contribution in [0.3, 0.4) is 0 Å². The first kappa shape index (κ1) is 14.9. The van der Waals surface area contributed by atoms with E-state index in [0.29, 0.717) is 10.3 Å². The van der Waals surface area contributed by atoms with E-state index in [1.807, 2.05) is 0 Å². The Morgan fingerprint density at radius 2 is 1.75 bits per heavy atom. The summed E-state index contributed by atoms with van der Waals surface area (Å²) in [6.07, 6.45) is 0. The Morgan fingerprint density at radius 1 is 1.15 bits per heavy atom. The summed E-state index contributed by atoms with van der Waals surface area (Å²) in [5, 5.41) is 0. The number of aromatic nitrogens is 1. The molecule has 0 radical (unpaired) electrons. The van der Waals surface area contributed by atoms with Crippen LogP contribution in [0.5, 0.6) is 0 Å². The number of nitrogens with one attached hydrogen (secondary N) is 1. The number of nitrogens with zero attached hydrogens (tertiary/aromatic N) is 1. The van der Waals surface area contributed by atoms with E-state index in [0.717, 1.165) is 18.2 Å². The number of hydrogen-bond donors (Lipinski definition) is 1. The molecule has 20 heavy (non-hydrogen) atoms. The monoisotopic (exact) mass is 362 g/mol. The van der Waals surface area contributed by atoms with Gasteiger partial charge < -0.3 is 0 Å². The van der Waals surface area contributed by atoms with E-state index >= 15 is 0 Å². The quantitative estimate of drug-likeness (QED) is 0.852. The van der Waals surface area contributed by atoms with Crippen LogP contribution in [-0.4, -0.2) is 13.4 Å². The van der Waals surface area contributed by atoms with E-state index in [1.54, 1.807) is 6.92 Å². The van der Waals surface area contributed by atoms with Crippen molar-refractivity contribution in [2.45, 2.75) is 11.8 Å². The number of benzene rings is 1. The lowest BCUT2D eigenvalue weighted by Crippen LogP contribution is -2.17. The lowest BCUT2D eigenvalue weighted by Gasteiger charge is -2.11. The summed E-state index contributed by atoms with van der Waals surface area (Å²) in [6, 6.07) is 5.82. The summed E-state index contributed by atoms with van der Waals surface area (Å²) < 4.78 is 53.8. The normalized spacial score (nSPS) is 11.4. The second kappa shape index (κ2) is 5.45. The highest BCUT2D eigenvalue weighted by Gasteiger charge is 2.24. The molecule has 0 unspecified atom stereocenters. The molecule has 1 aromatic heterocycles. The van der Waals surface area contributed by atoms with Crippen LogP contribution in [0.1, 0.15) is 5.69 Å². The van der Waals surface area contributed by atoms with Gasteiger partial charge in [0.05, 0.1) is 11.4 Å². The lowest BCUT2D eigenvalue weighted by atomic mass is 10.3. The molecule has 2 aromatic rings. The van der Waals surface area contributed by atoms with Gasteiger partial charge in [-0.3, -0.25) is 4.72 Å². The Morgan fingerprint density at radius 3 is 2.30 bits per heavy atom. The van der Waals surface area contributed by atoms with Crippen LogP contribution < -0.4 is 4.72 Å². The SMILES string of the molecule is Cc1nc(Br)ccc1NS(=O)(=O)c1c(F)cccc1F. The first-order chi connectivity index (χ1) is 9.31.